The van der Waals surface area contributed by atoms with E-state index >= 15 is 0 Å². The van der Waals surface area contributed by atoms with E-state index in [4.69, 9.17) is 4.42 Å². The smallest absolute Gasteiger partial charge is 0.228 e. The third-order valence-corrected chi connectivity index (χ3v) is 6.24. The van der Waals surface area contributed by atoms with Gasteiger partial charge in [-0.05, 0) is 54.3 Å². The van der Waals surface area contributed by atoms with Crippen molar-refractivity contribution in [3.8, 4) is 0 Å². The van der Waals surface area contributed by atoms with Crippen LogP contribution < -0.4 is 5.32 Å². The summed E-state index contributed by atoms with van der Waals surface area (Å²) in [6.45, 7) is 9.62. The van der Waals surface area contributed by atoms with E-state index in [9.17, 15) is 4.79 Å². The molecular weight excluding hydrogens is 396 g/mol. The lowest BCUT2D eigenvalue weighted by molar-refractivity contribution is -0.115. The van der Waals surface area contributed by atoms with Gasteiger partial charge in [-0.15, -0.1) is 0 Å². The predicted molar refractivity (Wildman–Crippen MR) is 132 cm³/mol. The number of carbonyl (C=O) groups excluding carboxylic acids is 1. The minimum atomic E-state index is -0.0487. The number of nitrogens with zero attached hydrogens (tertiary/aromatic N) is 1. The summed E-state index contributed by atoms with van der Waals surface area (Å²) in [5.41, 5.74) is 6.20. The molecule has 4 nitrogen and oxygen atoms in total. The van der Waals surface area contributed by atoms with Crippen LogP contribution in [0.2, 0.25) is 0 Å². The number of benzene rings is 3. The van der Waals surface area contributed by atoms with Crippen LogP contribution in [0, 0.1) is 0 Å². The number of aryl methyl sites for hydroxylation is 1. The van der Waals surface area contributed by atoms with Crippen molar-refractivity contribution in [1.29, 1.82) is 0 Å². The molecule has 0 unspecified atom stereocenters. The van der Waals surface area contributed by atoms with Gasteiger partial charge in [-0.3, -0.25) is 4.79 Å². The number of fused-ring (bicyclic) bond motifs is 4. The summed E-state index contributed by atoms with van der Waals surface area (Å²) in [4.78, 5) is 12.9. The fraction of sp³-hybridized carbons (Fsp3) is 0.250. The van der Waals surface area contributed by atoms with Crippen LogP contribution >= 0.6 is 0 Å². The zero-order chi connectivity index (χ0) is 22.5. The standard InChI is InChI=1S/C28H28N2O2/c1-5-30-24-9-7-6-8-21(24)23-16-20(11-12-25(23)30)29-27(31)14-18-17-32-26-13-10-19(15-22(18)26)28(2,3)4/h6-13,15-17H,5,14H2,1-4H3,(H,29,31). The average Bonchev–Trinajstić information content (AvgIpc) is 3.31. The number of rotatable bonds is 4. The Hall–Kier alpha value is -3.53. The highest BCUT2D eigenvalue weighted by atomic mass is 16.3. The van der Waals surface area contributed by atoms with Crippen LogP contribution in [-0.4, -0.2) is 10.5 Å². The highest BCUT2D eigenvalue weighted by molar-refractivity contribution is 6.10. The zero-order valence-corrected chi connectivity index (χ0v) is 19.0. The molecule has 0 saturated heterocycles. The molecule has 0 saturated carbocycles. The van der Waals surface area contributed by atoms with Crippen LogP contribution in [0.5, 0.6) is 0 Å². The number of hydrogen-bond donors (Lipinski definition) is 1. The van der Waals surface area contributed by atoms with Crippen molar-refractivity contribution >= 4 is 44.4 Å². The Kier molecular flexibility index (Phi) is 4.81. The van der Waals surface area contributed by atoms with Crippen LogP contribution in [0.15, 0.2) is 71.3 Å². The number of hydrogen-bond acceptors (Lipinski definition) is 2. The van der Waals surface area contributed by atoms with Gasteiger partial charge < -0.3 is 14.3 Å². The topological polar surface area (TPSA) is 47.2 Å². The number of nitrogens with one attached hydrogen (secondary N) is 1. The fourth-order valence-electron chi connectivity index (χ4n) is 4.54. The quantitative estimate of drug-likeness (QED) is 0.336. The molecule has 5 rings (SSSR count). The third-order valence-electron chi connectivity index (χ3n) is 6.24. The zero-order valence-electron chi connectivity index (χ0n) is 19.0. The lowest BCUT2D eigenvalue weighted by Crippen LogP contribution is -2.14. The van der Waals surface area contributed by atoms with Gasteiger partial charge in [0.1, 0.15) is 5.58 Å². The molecule has 2 heterocycles. The highest BCUT2D eigenvalue weighted by Crippen LogP contribution is 2.32. The number of aromatic nitrogens is 1. The Labute approximate surface area is 187 Å². The molecule has 1 N–H and O–H groups in total. The van der Waals surface area contributed by atoms with Gasteiger partial charge in [0.05, 0.1) is 12.7 Å². The first-order valence-corrected chi connectivity index (χ1v) is 11.2. The minimum Gasteiger partial charge on any atom is -0.464 e. The van der Waals surface area contributed by atoms with Gasteiger partial charge in [0, 0.05) is 45.0 Å². The van der Waals surface area contributed by atoms with Crippen molar-refractivity contribution < 1.29 is 9.21 Å². The summed E-state index contributed by atoms with van der Waals surface area (Å²) in [5, 5.41) is 6.45. The number of anilines is 1. The van der Waals surface area contributed by atoms with E-state index in [1.165, 1.54) is 22.0 Å². The van der Waals surface area contributed by atoms with E-state index in [0.29, 0.717) is 0 Å². The molecule has 1 amide bonds. The van der Waals surface area contributed by atoms with Gasteiger partial charge in [-0.1, -0.05) is 45.0 Å². The third kappa shape index (κ3) is 3.46. The Balaban J connectivity index is 1.44. The highest BCUT2D eigenvalue weighted by Gasteiger charge is 2.17. The first kappa shape index (κ1) is 20.4. The van der Waals surface area contributed by atoms with E-state index in [1.807, 2.05) is 12.1 Å². The maximum absolute atomic E-state index is 12.9. The SMILES string of the molecule is CCn1c2ccccc2c2cc(NC(=O)Cc3coc4ccc(C(C)(C)C)cc34)ccc21. The van der Waals surface area contributed by atoms with E-state index in [1.54, 1.807) is 6.26 Å². The summed E-state index contributed by atoms with van der Waals surface area (Å²) in [6, 6.07) is 20.8. The van der Waals surface area contributed by atoms with Crippen LogP contribution in [0.25, 0.3) is 32.8 Å². The maximum Gasteiger partial charge on any atom is 0.228 e. The first-order chi connectivity index (χ1) is 15.3. The normalized spacial score (nSPS) is 12.1. The molecule has 0 spiro atoms. The summed E-state index contributed by atoms with van der Waals surface area (Å²) in [7, 11) is 0. The molecule has 2 aromatic heterocycles. The van der Waals surface area contributed by atoms with Crippen molar-refractivity contribution in [2.24, 2.45) is 0 Å². The van der Waals surface area contributed by atoms with Crippen molar-refractivity contribution in [2.45, 2.75) is 46.1 Å². The lowest BCUT2D eigenvalue weighted by Gasteiger charge is -2.18. The second-order valence-electron chi connectivity index (χ2n) is 9.44. The average molecular weight is 425 g/mol. The maximum atomic E-state index is 12.9. The fourth-order valence-corrected chi connectivity index (χ4v) is 4.54. The van der Waals surface area contributed by atoms with Gasteiger partial charge in [0.25, 0.3) is 0 Å². The van der Waals surface area contributed by atoms with Crippen molar-refractivity contribution in [1.82, 2.24) is 4.57 Å². The molecule has 0 fully saturated rings. The van der Waals surface area contributed by atoms with Crippen molar-refractivity contribution in [3.63, 3.8) is 0 Å². The van der Waals surface area contributed by atoms with Gasteiger partial charge in [-0.2, -0.15) is 0 Å². The summed E-state index contributed by atoms with van der Waals surface area (Å²) >= 11 is 0. The lowest BCUT2D eigenvalue weighted by atomic mass is 9.86. The summed E-state index contributed by atoms with van der Waals surface area (Å²) in [6.07, 6.45) is 1.98. The molecule has 0 bridgehead atoms. The number of furan rings is 1. The van der Waals surface area contributed by atoms with E-state index in [0.717, 1.165) is 34.2 Å². The molecule has 3 aromatic carbocycles. The number of para-hydroxylation sites is 1. The molecule has 0 aliphatic heterocycles. The second kappa shape index (κ2) is 7.56. The number of amides is 1. The first-order valence-electron chi connectivity index (χ1n) is 11.2. The van der Waals surface area contributed by atoms with E-state index in [2.05, 4.69) is 86.1 Å². The van der Waals surface area contributed by atoms with Crippen LogP contribution in [0.4, 0.5) is 5.69 Å². The Bertz CT molecular complexity index is 1460. The summed E-state index contributed by atoms with van der Waals surface area (Å²) in [5.74, 6) is -0.0487. The molecule has 0 aliphatic rings. The number of carbonyl (C=O) groups is 1. The van der Waals surface area contributed by atoms with Crippen molar-refractivity contribution in [3.05, 3.63) is 78.1 Å². The van der Waals surface area contributed by atoms with Crippen molar-refractivity contribution in [2.75, 3.05) is 5.32 Å². The van der Waals surface area contributed by atoms with E-state index in [-0.39, 0.29) is 17.7 Å². The molecule has 5 aromatic rings. The molecular formula is C28H28N2O2. The molecule has 4 heteroatoms. The molecule has 32 heavy (non-hydrogen) atoms. The molecule has 0 atom stereocenters. The van der Waals surface area contributed by atoms with E-state index < -0.39 is 0 Å². The summed E-state index contributed by atoms with van der Waals surface area (Å²) < 4.78 is 8.01. The molecule has 162 valence electrons. The van der Waals surface area contributed by atoms with Gasteiger partial charge in [0.15, 0.2) is 0 Å². The predicted octanol–water partition coefficient (Wildman–Crippen LogP) is 7.04. The molecule has 0 aliphatic carbocycles. The van der Waals surface area contributed by atoms with Gasteiger partial charge in [-0.25, -0.2) is 0 Å². The van der Waals surface area contributed by atoms with Gasteiger partial charge >= 0.3 is 0 Å². The second-order valence-corrected chi connectivity index (χ2v) is 9.44. The Morgan fingerprint density at radius 1 is 0.938 bits per heavy atom. The Morgan fingerprint density at radius 2 is 1.72 bits per heavy atom. The van der Waals surface area contributed by atoms with Crippen LogP contribution in [0.3, 0.4) is 0 Å². The van der Waals surface area contributed by atoms with Crippen LogP contribution in [-0.2, 0) is 23.2 Å². The largest absolute Gasteiger partial charge is 0.464 e. The molecule has 0 radical (unpaired) electrons. The minimum absolute atomic E-state index is 0.0398. The Morgan fingerprint density at radius 3 is 2.50 bits per heavy atom. The van der Waals surface area contributed by atoms with Crippen LogP contribution in [0.1, 0.15) is 38.8 Å². The van der Waals surface area contributed by atoms with Gasteiger partial charge in [0.2, 0.25) is 5.91 Å². The monoisotopic (exact) mass is 424 g/mol.